The summed E-state index contributed by atoms with van der Waals surface area (Å²) in [5.74, 6) is 3.31. The van der Waals surface area contributed by atoms with E-state index in [1.807, 2.05) is 18.2 Å². The lowest BCUT2D eigenvalue weighted by Gasteiger charge is -2.33. The molecular weight excluding hydrogens is 601 g/mol. The highest BCUT2D eigenvalue weighted by Gasteiger charge is 2.40. The molecule has 4 heteroatoms. The fourth-order valence-corrected chi connectivity index (χ4v) is 8.66. The monoisotopic (exact) mass is 630 g/mol. The molecule has 11 rings (SSSR count). The molecule has 3 aliphatic rings. The third-order valence-electron chi connectivity index (χ3n) is 10.7. The predicted octanol–water partition coefficient (Wildman–Crippen LogP) is 12.4. The van der Waals surface area contributed by atoms with Gasteiger partial charge in [0.1, 0.15) is 5.69 Å². The second-order valence-electron chi connectivity index (χ2n) is 13.7. The number of aromatic nitrogens is 1. The Labute approximate surface area is 284 Å². The number of hydrogen-bond donors (Lipinski definition) is 0. The van der Waals surface area contributed by atoms with Gasteiger partial charge < -0.3 is 14.4 Å². The van der Waals surface area contributed by atoms with E-state index in [1.54, 1.807) is 0 Å². The minimum absolute atomic E-state index is 0.204. The van der Waals surface area contributed by atoms with Gasteiger partial charge in [-0.25, -0.2) is 0 Å². The minimum Gasteiger partial charge on any atom is -0.453 e. The summed E-state index contributed by atoms with van der Waals surface area (Å²) in [5, 5.41) is 2.27. The van der Waals surface area contributed by atoms with Crippen molar-refractivity contribution in [2.75, 3.05) is 4.90 Å². The van der Waals surface area contributed by atoms with Gasteiger partial charge in [-0.15, -0.1) is 0 Å². The van der Waals surface area contributed by atoms with E-state index in [-0.39, 0.29) is 5.41 Å². The SMILES string of the molecule is CC1(C)c2ccccc2-c2cccc(N(c3ccc(-c4ccccc4)cc3)c3ccc4c5c3c3cccc6c3n5-c3c(cccc3O4)O6)c21. The summed E-state index contributed by atoms with van der Waals surface area (Å²) in [6.45, 7) is 4.72. The lowest BCUT2D eigenvalue weighted by atomic mass is 9.81. The predicted molar refractivity (Wildman–Crippen MR) is 199 cm³/mol. The highest BCUT2D eigenvalue weighted by molar-refractivity contribution is 6.21. The smallest absolute Gasteiger partial charge is 0.155 e. The number of benzene rings is 7. The van der Waals surface area contributed by atoms with E-state index in [9.17, 15) is 0 Å². The first-order valence-electron chi connectivity index (χ1n) is 16.9. The van der Waals surface area contributed by atoms with Crippen molar-refractivity contribution in [2.45, 2.75) is 19.3 Å². The molecule has 0 spiro atoms. The summed E-state index contributed by atoms with van der Waals surface area (Å²) in [6.07, 6.45) is 0. The zero-order valence-corrected chi connectivity index (χ0v) is 27.1. The molecular formula is C45H30N2O2. The maximum Gasteiger partial charge on any atom is 0.155 e. The van der Waals surface area contributed by atoms with Crippen molar-refractivity contribution in [2.24, 2.45) is 0 Å². The lowest BCUT2D eigenvalue weighted by Crippen LogP contribution is -2.21. The molecule has 8 aromatic rings. The van der Waals surface area contributed by atoms with E-state index in [0.717, 1.165) is 61.9 Å². The van der Waals surface area contributed by atoms with Crippen molar-refractivity contribution in [3.05, 3.63) is 157 Å². The van der Waals surface area contributed by atoms with Gasteiger partial charge >= 0.3 is 0 Å². The molecule has 232 valence electrons. The Bertz CT molecular complexity index is 2670. The Balaban J connectivity index is 1.23. The first-order chi connectivity index (χ1) is 24.1. The van der Waals surface area contributed by atoms with Crippen molar-refractivity contribution in [1.82, 2.24) is 4.57 Å². The highest BCUT2D eigenvalue weighted by Crippen LogP contribution is 2.58. The Morgan fingerprint density at radius 3 is 1.98 bits per heavy atom. The topological polar surface area (TPSA) is 26.6 Å². The van der Waals surface area contributed by atoms with Gasteiger partial charge in [-0.1, -0.05) is 111 Å². The molecule has 0 amide bonds. The summed E-state index contributed by atoms with van der Waals surface area (Å²) in [7, 11) is 0. The second-order valence-corrected chi connectivity index (χ2v) is 13.7. The molecule has 0 atom stereocenters. The van der Waals surface area contributed by atoms with Crippen molar-refractivity contribution >= 4 is 38.9 Å². The largest absolute Gasteiger partial charge is 0.453 e. The van der Waals surface area contributed by atoms with Crippen LogP contribution >= 0.6 is 0 Å². The van der Waals surface area contributed by atoms with Crippen LogP contribution in [0.25, 0.3) is 49.7 Å². The number of fused-ring (bicyclic) bond motifs is 4. The molecule has 49 heavy (non-hydrogen) atoms. The number of anilines is 3. The van der Waals surface area contributed by atoms with E-state index in [0.29, 0.717) is 0 Å². The van der Waals surface area contributed by atoms with Crippen LogP contribution in [0.5, 0.6) is 23.0 Å². The zero-order valence-electron chi connectivity index (χ0n) is 27.1. The maximum atomic E-state index is 6.63. The number of rotatable bonds is 4. The van der Waals surface area contributed by atoms with Gasteiger partial charge in [0, 0.05) is 21.9 Å². The normalized spacial score (nSPS) is 14.0. The standard InChI is InChI=1S/C45H30N2O2/c1-45(2)33-16-7-6-13-30(33)31-14-8-17-35(41(31)45)46(29-23-21-28(22-24-29)27-11-4-3-5-12-27)34-25-26-39-44-40(34)32-15-9-18-36-42(32)47(44)43-37(48-36)19-10-20-38(43)49-39/h3-26H,1-2H3. The molecule has 3 heterocycles. The Kier molecular flexibility index (Phi) is 5.15. The quantitative estimate of drug-likeness (QED) is 0.194. The summed E-state index contributed by atoms with van der Waals surface area (Å²) in [4.78, 5) is 2.47. The van der Waals surface area contributed by atoms with Gasteiger partial charge in [-0.05, 0) is 81.9 Å². The summed E-state index contributed by atoms with van der Waals surface area (Å²) < 4.78 is 15.5. The van der Waals surface area contributed by atoms with Crippen LogP contribution in [0.3, 0.4) is 0 Å². The van der Waals surface area contributed by atoms with Gasteiger partial charge in [0.2, 0.25) is 0 Å². The number of ether oxygens (including phenoxy) is 2. The zero-order chi connectivity index (χ0) is 32.4. The molecule has 2 aliphatic heterocycles. The second kappa shape index (κ2) is 9.42. The van der Waals surface area contributed by atoms with Gasteiger partial charge in [0.25, 0.3) is 0 Å². The first-order valence-corrected chi connectivity index (χ1v) is 16.9. The molecule has 0 N–H and O–H groups in total. The molecule has 4 nitrogen and oxygen atoms in total. The fraction of sp³-hybridized carbons (Fsp3) is 0.0667. The van der Waals surface area contributed by atoms with Crippen LogP contribution < -0.4 is 14.4 Å². The molecule has 7 aromatic carbocycles. The average Bonchev–Trinajstić information content (AvgIpc) is 3.62. The molecule has 1 aliphatic carbocycles. The van der Waals surface area contributed by atoms with Gasteiger partial charge in [-0.2, -0.15) is 0 Å². The minimum atomic E-state index is -0.204. The van der Waals surface area contributed by atoms with Crippen LogP contribution in [0.15, 0.2) is 146 Å². The van der Waals surface area contributed by atoms with Crippen molar-refractivity contribution in [3.8, 4) is 50.9 Å². The number of nitrogens with zero attached hydrogens (tertiary/aromatic N) is 2. The third kappa shape index (κ3) is 3.47. The number of hydrogen-bond acceptors (Lipinski definition) is 3. The van der Waals surface area contributed by atoms with Crippen molar-refractivity contribution in [1.29, 1.82) is 0 Å². The Morgan fingerprint density at radius 2 is 1.16 bits per heavy atom. The third-order valence-corrected chi connectivity index (χ3v) is 10.7. The lowest BCUT2D eigenvalue weighted by molar-refractivity contribution is 0.444. The molecule has 1 aromatic heterocycles. The fourth-order valence-electron chi connectivity index (χ4n) is 8.66. The van der Waals surface area contributed by atoms with Crippen LogP contribution in [0.4, 0.5) is 17.1 Å². The summed E-state index contributed by atoms with van der Waals surface area (Å²) in [5.41, 5.74) is 13.9. The average molecular weight is 631 g/mol. The van der Waals surface area contributed by atoms with E-state index in [4.69, 9.17) is 9.47 Å². The van der Waals surface area contributed by atoms with Crippen LogP contribution in [0.2, 0.25) is 0 Å². The van der Waals surface area contributed by atoms with Gasteiger partial charge in [0.15, 0.2) is 23.0 Å². The van der Waals surface area contributed by atoms with Gasteiger partial charge in [-0.3, -0.25) is 4.57 Å². The first kappa shape index (κ1) is 26.8. The Morgan fingerprint density at radius 1 is 0.510 bits per heavy atom. The van der Waals surface area contributed by atoms with E-state index < -0.39 is 0 Å². The highest BCUT2D eigenvalue weighted by atomic mass is 16.5. The van der Waals surface area contributed by atoms with Crippen LogP contribution in [-0.2, 0) is 5.41 Å². The Hall–Kier alpha value is -6.26. The van der Waals surface area contributed by atoms with E-state index in [1.165, 1.54) is 39.1 Å². The van der Waals surface area contributed by atoms with E-state index in [2.05, 4.69) is 151 Å². The molecule has 0 fully saturated rings. The van der Waals surface area contributed by atoms with Crippen LogP contribution in [-0.4, -0.2) is 4.57 Å². The maximum absolute atomic E-state index is 6.63. The van der Waals surface area contributed by atoms with Gasteiger partial charge in [0.05, 0.1) is 22.4 Å². The van der Waals surface area contributed by atoms with Crippen LogP contribution in [0.1, 0.15) is 25.0 Å². The molecule has 0 radical (unpaired) electrons. The van der Waals surface area contributed by atoms with Crippen molar-refractivity contribution < 1.29 is 9.47 Å². The van der Waals surface area contributed by atoms with E-state index >= 15 is 0 Å². The molecule has 0 saturated carbocycles. The summed E-state index contributed by atoms with van der Waals surface area (Å²) in [6, 6.07) is 52.1. The molecule has 0 saturated heterocycles. The number of para-hydroxylation sites is 2. The molecule has 0 unspecified atom stereocenters. The molecule has 0 bridgehead atoms. The summed E-state index contributed by atoms with van der Waals surface area (Å²) >= 11 is 0. The van der Waals surface area contributed by atoms with Crippen LogP contribution in [0, 0.1) is 0 Å². The van der Waals surface area contributed by atoms with Crippen molar-refractivity contribution in [3.63, 3.8) is 0 Å².